The fourth-order valence-corrected chi connectivity index (χ4v) is 6.67. The Morgan fingerprint density at radius 2 is 0.977 bits per heavy atom. The van der Waals surface area contributed by atoms with Gasteiger partial charge in [-0.2, -0.15) is 0 Å². The van der Waals surface area contributed by atoms with E-state index >= 15 is 0 Å². The first-order valence-electron chi connectivity index (χ1n) is 16.8. The number of halogens is 2. The van der Waals surface area contributed by atoms with E-state index < -0.39 is 18.9 Å². The summed E-state index contributed by atoms with van der Waals surface area (Å²) in [6.45, 7) is 23.6. The van der Waals surface area contributed by atoms with Gasteiger partial charge in [-0.05, 0) is 121 Å². The number of nitrogens with two attached hydrogens (primary N) is 1. The molecule has 3 fully saturated rings. The van der Waals surface area contributed by atoms with Crippen molar-refractivity contribution in [3.63, 3.8) is 0 Å². The predicted octanol–water partition coefficient (Wildman–Crippen LogP) is 6.08. The minimum Gasteiger partial charge on any atom is -0.330 e. The molecule has 264 valence electrons. The number of nitrogens with zero attached hydrogens (tertiary/aromatic N) is 1. The van der Waals surface area contributed by atoms with E-state index in [1.54, 1.807) is 6.92 Å². The minimum atomic E-state index is -3.19. The van der Waals surface area contributed by atoms with Gasteiger partial charge in [0.1, 0.15) is 0 Å². The molecule has 3 rings (SSSR count). The van der Waals surface area contributed by atoms with Crippen molar-refractivity contribution in [2.45, 2.75) is 118 Å². The Labute approximate surface area is 278 Å². The van der Waals surface area contributed by atoms with Gasteiger partial charge >= 0.3 is 0 Å². The summed E-state index contributed by atoms with van der Waals surface area (Å²) in [5.74, 6) is 2.90. The van der Waals surface area contributed by atoms with E-state index in [-0.39, 0.29) is 29.2 Å². The molecule has 2 saturated heterocycles. The van der Waals surface area contributed by atoms with Gasteiger partial charge in [0, 0.05) is 16.4 Å². The van der Waals surface area contributed by atoms with Crippen molar-refractivity contribution in [2.75, 3.05) is 63.9 Å². The number of hydrogen-bond donors (Lipinski definition) is 3. The first kappa shape index (κ1) is 47.7. The molecule has 2 aliphatic heterocycles. The molecule has 0 radical (unpaired) electrons. The molecule has 0 bridgehead atoms. The highest BCUT2D eigenvalue weighted by Gasteiger charge is 2.28. The molecule has 4 N–H and O–H groups in total. The van der Waals surface area contributed by atoms with Crippen molar-refractivity contribution < 1.29 is 16.8 Å². The smallest absolute Gasteiger partial charge is 0.232 e. The summed E-state index contributed by atoms with van der Waals surface area (Å²) < 4.78 is 42.6. The molecule has 2 heterocycles. The van der Waals surface area contributed by atoms with Crippen LogP contribution in [0.4, 0.5) is 0 Å². The van der Waals surface area contributed by atoms with E-state index in [0.29, 0.717) is 12.5 Å². The van der Waals surface area contributed by atoms with Crippen LogP contribution < -0.4 is 16.4 Å². The van der Waals surface area contributed by atoms with Gasteiger partial charge < -0.3 is 21.3 Å². The van der Waals surface area contributed by atoms with Crippen LogP contribution in [0.3, 0.4) is 0 Å². The number of rotatable bonds is 9. The molecule has 0 unspecified atom stereocenters. The molecule has 43 heavy (non-hydrogen) atoms. The number of piperidine rings is 2. The summed E-state index contributed by atoms with van der Waals surface area (Å²) in [5.41, 5.74) is 5.54. The quantitative estimate of drug-likeness (QED) is 0.248. The zero-order valence-corrected chi connectivity index (χ0v) is 31.9. The van der Waals surface area contributed by atoms with E-state index in [0.717, 1.165) is 37.5 Å². The maximum atomic E-state index is 11.5. The van der Waals surface area contributed by atoms with Crippen molar-refractivity contribution in [2.24, 2.45) is 23.5 Å². The predicted molar refractivity (Wildman–Crippen MR) is 192 cm³/mol. The monoisotopic (exact) mass is 696 g/mol. The van der Waals surface area contributed by atoms with Crippen LogP contribution in [-0.4, -0.2) is 90.8 Å². The Hall–Kier alpha value is 0.320. The Bertz CT molecular complexity index is 773. The topological polar surface area (TPSA) is 122 Å². The van der Waals surface area contributed by atoms with Gasteiger partial charge in [0.25, 0.3) is 0 Å². The van der Waals surface area contributed by atoms with Gasteiger partial charge in [0.15, 0.2) is 9.84 Å². The van der Waals surface area contributed by atoms with E-state index in [1.807, 2.05) is 0 Å². The van der Waals surface area contributed by atoms with Gasteiger partial charge in [-0.25, -0.2) is 16.8 Å². The fraction of sp³-hybridized carbons (Fsp3) is 1.00. The lowest BCUT2D eigenvalue weighted by Crippen LogP contribution is -2.30. The normalized spacial score (nSPS) is 21.3. The number of nitrogens with one attached hydrogen (secondary N) is 2. The lowest BCUT2D eigenvalue weighted by atomic mass is 9.89. The van der Waals surface area contributed by atoms with Crippen molar-refractivity contribution in [1.29, 1.82) is 0 Å². The molecule has 1 aliphatic carbocycles. The molecule has 0 aromatic heterocycles. The summed E-state index contributed by atoms with van der Waals surface area (Å²) >= 11 is 0. The van der Waals surface area contributed by atoms with Gasteiger partial charge in [0.2, 0.25) is 9.05 Å². The molecular formula is C31H70Cl2N4O4S2. The largest absolute Gasteiger partial charge is 0.330 e. The average Bonchev–Trinajstić information content (AvgIpc) is 3.03. The van der Waals surface area contributed by atoms with Gasteiger partial charge in [-0.3, -0.25) is 0 Å². The van der Waals surface area contributed by atoms with Crippen molar-refractivity contribution in [3.8, 4) is 0 Å². The third-order valence-corrected chi connectivity index (χ3v) is 12.4. The Morgan fingerprint density at radius 1 is 0.628 bits per heavy atom. The molecule has 0 aromatic rings. The van der Waals surface area contributed by atoms with Crippen LogP contribution in [0.15, 0.2) is 0 Å². The third kappa shape index (κ3) is 27.2. The maximum Gasteiger partial charge on any atom is 0.232 e. The first-order chi connectivity index (χ1) is 19.9. The lowest BCUT2D eigenvalue weighted by Gasteiger charge is -2.26. The molecule has 1 saturated carbocycles. The van der Waals surface area contributed by atoms with Gasteiger partial charge in [-0.15, -0.1) is 12.4 Å². The molecular weight excluding hydrogens is 627 g/mol. The summed E-state index contributed by atoms with van der Waals surface area (Å²) in [5, 5.41) is 6.61. The summed E-state index contributed by atoms with van der Waals surface area (Å²) in [4.78, 5) is 2.38. The van der Waals surface area contributed by atoms with Crippen LogP contribution in [0.25, 0.3) is 0 Å². The van der Waals surface area contributed by atoms with Crippen LogP contribution in [0.1, 0.15) is 113 Å². The molecule has 0 amide bonds. The third-order valence-electron chi connectivity index (χ3n) is 8.80. The van der Waals surface area contributed by atoms with Crippen LogP contribution in [0.2, 0.25) is 0 Å². The highest BCUT2D eigenvalue weighted by atomic mass is 35.7. The SMILES string of the molecule is CCC1CCNCC1.CCC1CCNCC1.CCN(CC)CC.CCS(=O)(=O)C1CCC(CN)CC1.CCS(=O)(=O)Cl.Cl. The average molecular weight is 698 g/mol. The second-order valence-electron chi connectivity index (χ2n) is 11.5. The molecule has 12 heteroatoms. The summed E-state index contributed by atoms with van der Waals surface area (Å²) in [6.07, 6.45) is 12.0. The van der Waals surface area contributed by atoms with Crippen molar-refractivity contribution in [1.82, 2.24) is 15.5 Å². The van der Waals surface area contributed by atoms with E-state index in [1.165, 1.54) is 91.3 Å². The van der Waals surface area contributed by atoms with E-state index in [9.17, 15) is 16.8 Å². The lowest BCUT2D eigenvalue weighted by molar-refractivity contribution is 0.321. The van der Waals surface area contributed by atoms with Crippen LogP contribution in [-0.2, 0) is 18.9 Å². The van der Waals surface area contributed by atoms with Gasteiger partial charge in [0.05, 0.1) is 11.0 Å². The fourth-order valence-electron chi connectivity index (χ4n) is 5.21. The minimum absolute atomic E-state index is 0. The maximum absolute atomic E-state index is 11.5. The zero-order valence-electron chi connectivity index (χ0n) is 28.7. The van der Waals surface area contributed by atoms with E-state index in [4.69, 9.17) is 5.73 Å². The summed E-state index contributed by atoms with van der Waals surface area (Å²) in [7, 11) is -1.29. The zero-order chi connectivity index (χ0) is 32.4. The van der Waals surface area contributed by atoms with Crippen molar-refractivity contribution >= 4 is 42.0 Å². The first-order valence-corrected chi connectivity index (χ1v) is 21.0. The molecule has 0 spiro atoms. The molecule has 0 aromatic carbocycles. The van der Waals surface area contributed by atoms with Crippen LogP contribution in [0.5, 0.6) is 0 Å². The number of hydrogen-bond acceptors (Lipinski definition) is 8. The standard InChI is InChI=1S/C9H19NO2S.2C7H15N.C6H15N.C2H5ClO2S.ClH/c1-2-13(11,12)9-5-3-8(7-10)4-6-9;2*1-2-7-3-5-8-6-4-7;1-4-7(5-2)6-3;1-2-6(3,4)5;/h8-9H,2-7,10H2,1H3;2*7-8H,2-6H2,1H3;4-6H2,1-3H3;2H2,1H3;1H. The summed E-state index contributed by atoms with van der Waals surface area (Å²) in [6, 6.07) is 0. The van der Waals surface area contributed by atoms with Gasteiger partial charge in [-0.1, -0.05) is 61.3 Å². The van der Waals surface area contributed by atoms with Crippen LogP contribution in [0, 0.1) is 17.8 Å². The highest BCUT2D eigenvalue weighted by molar-refractivity contribution is 8.13. The Morgan fingerprint density at radius 3 is 1.16 bits per heavy atom. The second-order valence-corrected chi connectivity index (χ2v) is 17.1. The van der Waals surface area contributed by atoms with Crippen molar-refractivity contribution in [3.05, 3.63) is 0 Å². The Kier molecular flexibility index (Phi) is 33.0. The molecule has 3 aliphatic rings. The second kappa shape index (κ2) is 29.7. The highest BCUT2D eigenvalue weighted by Crippen LogP contribution is 2.28. The molecule has 8 nitrogen and oxygen atoms in total. The Balaban J connectivity index is -0.000000477. The molecule has 0 atom stereocenters. The van der Waals surface area contributed by atoms with Crippen LogP contribution >= 0.6 is 23.1 Å². The van der Waals surface area contributed by atoms with E-state index in [2.05, 4.69) is 60.8 Å². The number of sulfone groups is 1.